The lowest BCUT2D eigenvalue weighted by atomic mass is 9.67. The zero-order valence-electron chi connectivity index (χ0n) is 27.0. The fourth-order valence-electron chi connectivity index (χ4n) is 5.92. The zero-order valence-corrected chi connectivity index (χ0v) is 28.5. The first-order chi connectivity index (χ1) is 23.7. The van der Waals surface area contributed by atoms with Crippen LogP contribution in [0.3, 0.4) is 0 Å². The Morgan fingerprint density at radius 1 is 0.653 bits per heavy atom. The molecule has 49 heavy (non-hydrogen) atoms. The molecule has 2 unspecified atom stereocenters. The van der Waals surface area contributed by atoms with Gasteiger partial charge in [0.15, 0.2) is 0 Å². The van der Waals surface area contributed by atoms with Gasteiger partial charge in [0, 0.05) is 12.2 Å². The van der Waals surface area contributed by atoms with Gasteiger partial charge in [0.25, 0.3) is 0 Å². The van der Waals surface area contributed by atoms with Gasteiger partial charge in [0.2, 0.25) is 0 Å². The molecule has 0 saturated heterocycles. The quantitative estimate of drug-likeness (QED) is 0.0934. The summed E-state index contributed by atoms with van der Waals surface area (Å²) in [5.74, 6) is -0.385. The minimum atomic E-state index is -1.05. The number of rotatable bonds is 14. The van der Waals surface area contributed by atoms with Crippen molar-refractivity contribution in [2.24, 2.45) is 0 Å². The molecule has 0 amide bonds. The molecule has 4 aromatic carbocycles. The second kappa shape index (κ2) is 16.2. The highest BCUT2D eigenvalue weighted by molar-refractivity contribution is 6.32. The fraction of sp³-hybridized carbons (Fsp3) is 0.231. The van der Waals surface area contributed by atoms with Crippen LogP contribution in [-0.4, -0.2) is 60.8 Å². The van der Waals surface area contributed by atoms with Crippen LogP contribution in [-0.2, 0) is 24.5 Å². The van der Waals surface area contributed by atoms with E-state index in [2.05, 4.69) is 24.3 Å². The first kappa shape index (κ1) is 35.7. The largest absolute Gasteiger partial charge is 0.489 e. The van der Waals surface area contributed by atoms with Crippen LogP contribution in [0, 0.1) is 0 Å². The van der Waals surface area contributed by atoms with Crippen LogP contribution in [0.25, 0.3) is 11.1 Å². The van der Waals surface area contributed by atoms with Crippen LogP contribution in [0.4, 0.5) is 0 Å². The van der Waals surface area contributed by atoms with Gasteiger partial charge in [0.05, 0.1) is 15.5 Å². The number of halogens is 2. The molecule has 0 aliphatic heterocycles. The molecule has 0 saturated carbocycles. The number of fused-ring (bicyclic) bond motifs is 3. The van der Waals surface area contributed by atoms with E-state index in [1.54, 1.807) is 38.1 Å². The Morgan fingerprint density at radius 2 is 1.06 bits per heavy atom. The number of hydrogen-bond acceptors (Lipinski definition) is 8. The average Bonchev–Trinajstić information content (AvgIpc) is 3.40. The van der Waals surface area contributed by atoms with Crippen molar-refractivity contribution in [2.75, 3.05) is 26.4 Å². The summed E-state index contributed by atoms with van der Waals surface area (Å²) in [6.07, 6.45) is 3.54. The molecule has 1 aliphatic rings. The molecule has 0 fully saturated rings. The van der Waals surface area contributed by atoms with Crippen molar-refractivity contribution in [1.29, 1.82) is 0 Å². The van der Waals surface area contributed by atoms with Crippen molar-refractivity contribution in [3.05, 3.63) is 142 Å². The van der Waals surface area contributed by atoms with E-state index in [4.69, 9.17) is 42.1 Å². The number of aliphatic hydroxyl groups excluding tert-OH is 2. The summed E-state index contributed by atoms with van der Waals surface area (Å²) in [5.41, 5.74) is 5.06. The van der Waals surface area contributed by atoms with Crippen LogP contribution in [0.15, 0.2) is 109 Å². The summed E-state index contributed by atoms with van der Waals surface area (Å²) in [6, 6.07) is 27.4. The molecule has 4 aromatic rings. The maximum atomic E-state index is 11.6. The Hall–Kier alpha value is -4.60. The number of benzene rings is 4. The van der Waals surface area contributed by atoms with E-state index in [1.807, 2.05) is 48.5 Å². The number of esters is 2. The molecular formula is C39H36Cl2O8. The zero-order chi connectivity index (χ0) is 35.0. The molecule has 8 nitrogen and oxygen atoms in total. The Morgan fingerprint density at radius 3 is 1.45 bits per heavy atom. The van der Waals surface area contributed by atoms with Gasteiger partial charge in [-0.2, -0.15) is 0 Å². The Balaban J connectivity index is 1.47. The van der Waals surface area contributed by atoms with Crippen molar-refractivity contribution >= 4 is 35.1 Å². The van der Waals surface area contributed by atoms with Gasteiger partial charge in [-0.3, -0.25) is 0 Å². The van der Waals surface area contributed by atoms with Crippen LogP contribution in [0.5, 0.6) is 11.5 Å². The molecule has 10 heteroatoms. The van der Waals surface area contributed by atoms with E-state index in [0.29, 0.717) is 21.5 Å². The molecule has 5 rings (SSSR count). The standard InChI is InChI=1S/C39H36Cl2O8/c1-3-9-37(44)48-23-27(42)21-46-35-17-15-25(19-33(35)40)39(31-13-7-5-11-29(31)30-12-6-8-14-32(30)39)26-16-18-36(34(41)20-26)47-22-28(43)24-49-38(45)10-4-2/h3-20,27-28,42-43H,21-24H2,1-2H3. The van der Waals surface area contributed by atoms with E-state index in [9.17, 15) is 19.8 Å². The summed E-state index contributed by atoms with van der Waals surface area (Å²) < 4.78 is 21.7. The molecule has 0 spiro atoms. The van der Waals surface area contributed by atoms with Gasteiger partial charge in [-0.1, -0.05) is 96.0 Å². The van der Waals surface area contributed by atoms with Crippen LogP contribution >= 0.6 is 23.2 Å². The van der Waals surface area contributed by atoms with Crippen molar-refractivity contribution < 1.29 is 38.7 Å². The first-order valence-electron chi connectivity index (χ1n) is 15.7. The molecule has 0 bridgehead atoms. The average molecular weight is 704 g/mol. The second-order valence-corrected chi connectivity index (χ2v) is 12.1. The van der Waals surface area contributed by atoms with Gasteiger partial charge in [0.1, 0.15) is 50.1 Å². The van der Waals surface area contributed by atoms with E-state index in [-0.39, 0.29) is 26.4 Å². The molecule has 0 radical (unpaired) electrons. The minimum absolute atomic E-state index is 0.136. The third-order valence-electron chi connectivity index (χ3n) is 7.99. The topological polar surface area (TPSA) is 112 Å². The highest BCUT2D eigenvalue weighted by atomic mass is 35.5. The van der Waals surface area contributed by atoms with E-state index >= 15 is 0 Å². The van der Waals surface area contributed by atoms with Gasteiger partial charge in [-0.05, 0) is 71.5 Å². The lowest BCUT2D eigenvalue weighted by Gasteiger charge is -2.34. The van der Waals surface area contributed by atoms with E-state index < -0.39 is 29.6 Å². The molecular weight excluding hydrogens is 667 g/mol. The summed E-state index contributed by atoms with van der Waals surface area (Å²) >= 11 is 13.7. The summed E-state index contributed by atoms with van der Waals surface area (Å²) in [7, 11) is 0. The fourth-order valence-corrected chi connectivity index (χ4v) is 6.39. The maximum absolute atomic E-state index is 11.6. The smallest absolute Gasteiger partial charge is 0.330 e. The van der Waals surface area contributed by atoms with Crippen LogP contribution < -0.4 is 9.47 Å². The number of carbonyl (C=O) groups excluding carboxylic acids is 2. The summed E-state index contributed by atoms with van der Waals surface area (Å²) in [4.78, 5) is 23.2. The Labute approximate surface area is 295 Å². The van der Waals surface area contributed by atoms with Gasteiger partial charge < -0.3 is 29.2 Å². The molecule has 2 N–H and O–H groups in total. The lowest BCUT2D eigenvalue weighted by Crippen LogP contribution is -2.29. The Bertz CT molecular complexity index is 1730. The molecule has 2 atom stereocenters. The van der Waals surface area contributed by atoms with Crippen molar-refractivity contribution in [1.82, 2.24) is 0 Å². The predicted molar refractivity (Wildman–Crippen MR) is 188 cm³/mol. The van der Waals surface area contributed by atoms with Crippen molar-refractivity contribution in [3.63, 3.8) is 0 Å². The highest BCUT2D eigenvalue weighted by Gasteiger charge is 2.46. The van der Waals surface area contributed by atoms with Crippen molar-refractivity contribution in [2.45, 2.75) is 31.5 Å². The van der Waals surface area contributed by atoms with Crippen LogP contribution in [0.1, 0.15) is 36.1 Å². The number of ether oxygens (including phenoxy) is 4. The maximum Gasteiger partial charge on any atom is 0.330 e. The molecule has 1 aliphatic carbocycles. The van der Waals surface area contributed by atoms with Crippen molar-refractivity contribution in [3.8, 4) is 22.6 Å². The lowest BCUT2D eigenvalue weighted by molar-refractivity contribution is -0.142. The molecule has 0 aromatic heterocycles. The predicted octanol–water partition coefficient (Wildman–Crippen LogP) is 7.07. The van der Waals surface area contributed by atoms with E-state index in [0.717, 1.165) is 33.4 Å². The number of hydrogen-bond donors (Lipinski definition) is 2. The number of allylic oxidation sites excluding steroid dienone is 2. The molecule has 0 heterocycles. The van der Waals surface area contributed by atoms with Gasteiger partial charge in [-0.25, -0.2) is 9.59 Å². The Kier molecular flexibility index (Phi) is 11.8. The monoisotopic (exact) mass is 702 g/mol. The van der Waals surface area contributed by atoms with Gasteiger partial charge >= 0.3 is 11.9 Å². The number of carbonyl (C=O) groups is 2. The molecule has 254 valence electrons. The normalized spacial score (nSPS) is 14.2. The first-order valence-corrected chi connectivity index (χ1v) is 16.4. The third-order valence-corrected chi connectivity index (χ3v) is 8.58. The summed E-state index contributed by atoms with van der Waals surface area (Å²) in [5, 5.41) is 21.3. The SMILES string of the molecule is CC=CC(=O)OCC(O)COc1ccc(C2(c3ccc(OCC(O)COC(=O)C=CC)c(Cl)c3)c3ccccc3-c3ccccc32)cc1Cl. The van der Waals surface area contributed by atoms with E-state index in [1.165, 1.54) is 12.2 Å². The summed E-state index contributed by atoms with van der Waals surface area (Å²) in [6.45, 7) is 2.67. The third kappa shape index (κ3) is 7.84. The number of aliphatic hydroxyl groups is 2. The van der Waals surface area contributed by atoms with Gasteiger partial charge in [-0.15, -0.1) is 0 Å². The highest BCUT2D eigenvalue weighted by Crippen LogP contribution is 2.57. The van der Waals surface area contributed by atoms with Crippen LogP contribution in [0.2, 0.25) is 10.0 Å². The second-order valence-electron chi connectivity index (χ2n) is 11.3. The minimum Gasteiger partial charge on any atom is -0.489 e.